The number of rotatable bonds is 6. The first-order valence-electron chi connectivity index (χ1n) is 7.03. The normalized spacial score (nSPS) is 10.7. The summed E-state index contributed by atoms with van der Waals surface area (Å²) in [5.41, 5.74) is 2.25. The standard InChI is InChI=1S/C17H19BrFNO/c1-3-8-20-11-13-9-12(2)4-7-17(13)21-14-5-6-15(18)16(19)10-14/h4-7,9-10,20H,3,8,11H2,1-2H3. The van der Waals surface area contributed by atoms with E-state index in [1.165, 1.54) is 11.6 Å². The molecule has 0 bridgehead atoms. The summed E-state index contributed by atoms with van der Waals surface area (Å²) in [6.07, 6.45) is 1.08. The second-order valence-electron chi connectivity index (χ2n) is 4.97. The molecule has 0 spiro atoms. The third kappa shape index (κ3) is 4.55. The van der Waals surface area contributed by atoms with Crippen molar-refractivity contribution in [3.05, 3.63) is 57.8 Å². The molecule has 0 radical (unpaired) electrons. The summed E-state index contributed by atoms with van der Waals surface area (Å²) in [7, 11) is 0. The third-order valence-corrected chi connectivity index (χ3v) is 3.72. The molecule has 1 N–H and O–H groups in total. The van der Waals surface area contributed by atoms with Gasteiger partial charge in [0.15, 0.2) is 0 Å². The van der Waals surface area contributed by atoms with Gasteiger partial charge in [-0.05, 0) is 54.0 Å². The molecule has 112 valence electrons. The maximum Gasteiger partial charge on any atom is 0.141 e. The minimum absolute atomic E-state index is 0.328. The molecule has 0 unspecified atom stereocenters. The lowest BCUT2D eigenvalue weighted by Gasteiger charge is -2.13. The Kier molecular flexibility index (Phi) is 5.76. The molecule has 2 aromatic rings. The Morgan fingerprint density at radius 2 is 2.00 bits per heavy atom. The van der Waals surface area contributed by atoms with Crippen LogP contribution in [0.15, 0.2) is 40.9 Å². The Morgan fingerprint density at radius 3 is 2.71 bits per heavy atom. The van der Waals surface area contributed by atoms with Crippen LogP contribution in [-0.2, 0) is 6.54 Å². The number of halogens is 2. The Hall–Kier alpha value is -1.39. The SMILES string of the molecule is CCCNCc1cc(C)ccc1Oc1ccc(Br)c(F)c1. The summed E-state index contributed by atoms with van der Waals surface area (Å²) in [5, 5.41) is 3.36. The third-order valence-electron chi connectivity index (χ3n) is 3.08. The van der Waals surface area contributed by atoms with Gasteiger partial charge in [0.2, 0.25) is 0 Å². The zero-order valence-corrected chi connectivity index (χ0v) is 13.8. The fourth-order valence-corrected chi connectivity index (χ4v) is 2.26. The average Bonchev–Trinajstić information content (AvgIpc) is 2.46. The molecule has 0 heterocycles. The highest BCUT2D eigenvalue weighted by molar-refractivity contribution is 9.10. The molecule has 0 fully saturated rings. The second-order valence-corrected chi connectivity index (χ2v) is 5.82. The number of benzene rings is 2. The van der Waals surface area contributed by atoms with Gasteiger partial charge in [-0.2, -0.15) is 0 Å². The quantitative estimate of drug-likeness (QED) is 0.723. The smallest absolute Gasteiger partial charge is 0.141 e. The molecule has 4 heteroatoms. The van der Waals surface area contributed by atoms with Crippen LogP contribution in [0.2, 0.25) is 0 Å². The number of aryl methyl sites for hydroxylation is 1. The van der Waals surface area contributed by atoms with E-state index in [2.05, 4.69) is 34.2 Å². The van der Waals surface area contributed by atoms with E-state index in [1.54, 1.807) is 12.1 Å². The highest BCUT2D eigenvalue weighted by Crippen LogP contribution is 2.28. The molecule has 0 aromatic heterocycles. The van der Waals surface area contributed by atoms with E-state index >= 15 is 0 Å². The van der Waals surface area contributed by atoms with Gasteiger partial charge in [-0.25, -0.2) is 4.39 Å². The van der Waals surface area contributed by atoms with Crippen molar-refractivity contribution in [2.75, 3.05) is 6.54 Å². The number of hydrogen-bond acceptors (Lipinski definition) is 2. The van der Waals surface area contributed by atoms with E-state index in [9.17, 15) is 4.39 Å². The number of hydrogen-bond donors (Lipinski definition) is 1. The van der Waals surface area contributed by atoms with E-state index in [1.807, 2.05) is 19.1 Å². The largest absolute Gasteiger partial charge is 0.457 e. The lowest BCUT2D eigenvalue weighted by molar-refractivity contribution is 0.467. The predicted octanol–water partition coefficient (Wildman–Crippen LogP) is 5.19. The topological polar surface area (TPSA) is 21.3 Å². The summed E-state index contributed by atoms with van der Waals surface area (Å²) in [6, 6.07) is 10.8. The van der Waals surface area contributed by atoms with Crippen molar-refractivity contribution >= 4 is 15.9 Å². The molecule has 0 amide bonds. The van der Waals surface area contributed by atoms with Crippen LogP contribution in [0.1, 0.15) is 24.5 Å². The average molecular weight is 352 g/mol. The lowest BCUT2D eigenvalue weighted by Crippen LogP contribution is -2.14. The summed E-state index contributed by atoms with van der Waals surface area (Å²) >= 11 is 3.14. The molecule has 2 aromatic carbocycles. The van der Waals surface area contributed by atoms with Crippen LogP contribution < -0.4 is 10.1 Å². The van der Waals surface area contributed by atoms with Crippen LogP contribution in [-0.4, -0.2) is 6.54 Å². The molecule has 0 saturated heterocycles. The highest BCUT2D eigenvalue weighted by atomic mass is 79.9. The fourth-order valence-electron chi connectivity index (χ4n) is 2.01. The van der Waals surface area contributed by atoms with Gasteiger partial charge >= 0.3 is 0 Å². The first-order chi connectivity index (χ1) is 10.1. The van der Waals surface area contributed by atoms with E-state index in [4.69, 9.17) is 4.74 Å². The Labute approximate surface area is 133 Å². The second kappa shape index (κ2) is 7.57. The zero-order chi connectivity index (χ0) is 15.2. The molecule has 2 nitrogen and oxygen atoms in total. The van der Waals surface area contributed by atoms with Crippen molar-refractivity contribution in [1.29, 1.82) is 0 Å². The van der Waals surface area contributed by atoms with Crippen molar-refractivity contribution in [3.8, 4) is 11.5 Å². The van der Waals surface area contributed by atoms with Gasteiger partial charge in [-0.1, -0.05) is 24.6 Å². The molecule has 0 aliphatic carbocycles. The van der Waals surface area contributed by atoms with Crippen molar-refractivity contribution in [1.82, 2.24) is 5.32 Å². The fraction of sp³-hybridized carbons (Fsp3) is 0.294. The van der Waals surface area contributed by atoms with Gasteiger partial charge in [-0.3, -0.25) is 0 Å². The minimum Gasteiger partial charge on any atom is -0.457 e. The summed E-state index contributed by atoms with van der Waals surface area (Å²) in [5.74, 6) is 0.924. The molecule has 0 atom stereocenters. The molecule has 21 heavy (non-hydrogen) atoms. The molecular weight excluding hydrogens is 333 g/mol. The molecule has 2 rings (SSSR count). The van der Waals surface area contributed by atoms with Gasteiger partial charge in [-0.15, -0.1) is 0 Å². The van der Waals surface area contributed by atoms with Gasteiger partial charge < -0.3 is 10.1 Å². The van der Waals surface area contributed by atoms with Crippen LogP contribution in [0, 0.1) is 12.7 Å². The lowest BCUT2D eigenvalue weighted by atomic mass is 10.1. The monoisotopic (exact) mass is 351 g/mol. The summed E-state index contributed by atoms with van der Waals surface area (Å²) < 4.78 is 19.8. The van der Waals surface area contributed by atoms with E-state index < -0.39 is 0 Å². The maximum absolute atomic E-state index is 13.6. The van der Waals surface area contributed by atoms with Gasteiger partial charge in [0.1, 0.15) is 17.3 Å². The molecule has 0 aliphatic heterocycles. The highest BCUT2D eigenvalue weighted by Gasteiger charge is 2.07. The van der Waals surface area contributed by atoms with Crippen molar-refractivity contribution in [2.24, 2.45) is 0 Å². The Morgan fingerprint density at radius 1 is 1.19 bits per heavy atom. The predicted molar refractivity (Wildman–Crippen MR) is 87.4 cm³/mol. The van der Waals surface area contributed by atoms with Crippen LogP contribution in [0.4, 0.5) is 4.39 Å². The first kappa shape index (κ1) is 16.0. The Balaban J connectivity index is 2.19. The van der Waals surface area contributed by atoms with Gasteiger partial charge in [0, 0.05) is 18.2 Å². The van der Waals surface area contributed by atoms with Crippen LogP contribution >= 0.6 is 15.9 Å². The maximum atomic E-state index is 13.6. The summed E-state index contributed by atoms with van der Waals surface area (Å²) in [4.78, 5) is 0. The van der Waals surface area contributed by atoms with Gasteiger partial charge in [0.25, 0.3) is 0 Å². The molecule has 0 saturated carbocycles. The van der Waals surface area contributed by atoms with Crippen molar-refractivity contribution in [3.63, 3.8) is 0 Å². The van der Waals surface area contributed by atoms with Crippen LogP contribution in [0.5, 0.6) is 11.5 Å². The minimum atomic E-state index is -0.328. The van der Waals surface area contributed by atoms with Gasteiger partial charge in [0.05, 0.1) is 4.47 Å². The van der Waals surface area contributed by atoms with E-state index in [-0.39, 0.29) is 5.82 Å². The number of ether oxygens (including phenoxy) is 1. The molecular formula is C17H19BrFNO. The zero-order valence-electron chi connectivity index (χ0n) is 12.2. The van der Waals surface area contributed by atoms with E-state index in [0.29, 0.717) is 10.2 Å². The van der Waals surface area contributed by atoms with Crippen molar-refractivity contribution in [2.45, 2.75) is 26.8 Å². The molecule has 0 aliphatic rings. The van der Waals surface area contributed by atoms with Crippen LogP contribution in [0.25, 0.3) is 0 Å². The number of nitrogens with one attached hydrogen (secondary N) is 1. The Bertz CT molecular complexity index is 616. The van der Waals surface area contributed by atoms with Crippen LogP contribution in [0.3, 0.4) is 0 Å². The van der Waals surface area contributed by atoms with Crippen molar-refractivity contribution < 1.29 is 9.13 Å². The van der Waals surface area contributed by atoms with E-state index in [0.717, 1.165) is 30.8 Å². The first-order valence-corrected chi connectivity index (χ1v) is 7.82. The summed E-state index contributed by atoms with van der Waals surface area (Å²) in [6.45, 7) is 5.88.